The molecule has 1 fully saturated rings. The molecule has 5 nitrogen and oxygen atoms in total. The molecule has 140 valence electrons. The van der Waals surface area contributed by atoms with Gasteiger partial charge in [0.05, 0.1) is 23.9 Å². The summed E-state index contributed by atoms with van der Waals surface area (Å²) in [5.41, 5.74) is 6.30. The zero-order chi connectivity index (χ0) is 18.9. The molecule has 1 aliphatic carbocycles. The number of halogens is 1. The largest absolute Gasteiger partial charge is 0.497 e. The number of ether oxygens (including phenoxy) is 2. The minimum absolute atomic E-state index is 0.217. The Kier molecular flexibility index (Phi) is 5.30. The molecule has 0 radical (unpaired) electrons. The molecule has 0 aliphatic heterocycles. The molecule has 0 aromatic heterocycles. The van der Waals surface area contributed by atoms with Crippen LogP contribution in [0.3, 0.4) is 0 Å². The second-order valence-electron chi connectivity index (χ2n) is 6.54. The van der Waals surface area contributed by atoms with Crippen molar-refractivity contribution in [3.05, 3.63) is 59.1 Å². The number of benzene rings is 2. The lowest BCUT2D eigenvalue weighted by Gasteiger charge is -2.15. The van der Waals surface area contributed by atoms with Crippen molar-refractivity contribution in [1.29, 1.82) is 0 Å². The van der Waals surface area contributed by atoms with E-state index in [9.17, 15) is 8.42 Å². The second kappa shape index (κ2) is 7.19. The number of hydrogen-bond acceptors (Lipinski definition) is 5. The highest BCUT2D eigenvalue weighted by Crippen LogP contribution is 2.63. The summed E-state index contributed by atoms with van der Waals surface area (Å²) in [7, 11) is -0.433. The first-order valence-electron chi connectivity index (χ1n) is 8.23. The van der Waals surface area contributed by atoms with Crippen LogP contribution in [0.1, 0.15) is 11.5 Å². The van der Waals surface area contributed by atoms with Crippen LogP contribution in [0.5, 0.6) is 5.75 Å². The summed E-state index contributed by atoms with van der Waals surface area (Å²) in [6.45, 7) is 0.493. The molecule has 2 aromatic carbocycles. The van der Waals surface area contributed by atoms with E-state index in [1.165, 1.54) is 12.1 Å². The molecule has 0 spiro atoms. The summed E-state index contributed by atoms with van der Waals surface area (Å²) in [6.07, 6.45) is 0. The van der Waals surface area contributed by atoms with E-state index >= 15 is 0 Å². The Labute approximate surface area is 159 Å². The van der Waals surface area contributed by atoms with Crippen molar-refractivity contribution in [3.8, 4) is 5.75 Å². The van der Waals surface area contributed by atoms with Crippen molar-refractivity contribution >= 4 is 21.4 Å². The van der Waals surface area contributed by atoms with Gasteiger partial charge >= 0.3 is 0 Å². The zero-order valence-corrected chi connectivity index (χ0v) is 16.3. The maximum atomic E-state index is 13.3. The highest BCUT2D eigenvalue weighted by atomic mass is 35.5. The van der Waals surface area contributed by atoms with Crippen molar-refractivity contribution < 1.29 is 17.9 Å². The van der Waals surface area contributed by atoms with Gasteiger partial charge in [-0.3, -0.25) is 0 Å². The molecule has 26 heavy (non-hydrogen) atoms. The van der Waals surface area contributed by atoms with Gasteiger partial charge in [-0.05, 0) is 42.0 Å². The minimum Gasteiger partial charge on any atom is -0.497 e. The first-order valence-corrected chi connectivity index (χ1v) is 10.2. The smallest absolute Gasteiger partial charge is 0.182 e. The fourth-order valence-electron chi connectivity index (χ4n) is 3.77. The summed E-state index contributed by atoms with van der Waals surface area (Å²) in [5.74, 6) is 0.482. The van der Waals surface area contributed by atoms with Gasteiger partial charge in [0.15, 0.2) is 9.84 Å². The molecule has 2 aromatic rings. The number of hydrogen-bond donors (Lipinski definition) is 1. The Morgan fingerprint density at radius 1 is 1.08 bits per heavy atom. The SMILES string of the molecule is COC[C@]1(CN)[C@H](c2ccc(OC)cc2)[C@@H]1S(=O)(=O)c1ccc(Cl)cc1. The Morgan fingerprint density at radius 3 is 2.19 bits per heavy atom. The predicted molar refractivity (Wildman–Crippen MR) is 102 cm³/mol. The van der Waals surface area contributed by atoms with Crippen LogP contribution in [0.25, 0.3) is 0 Å². The first-order chi connectivity index (χ1) is 12.4. The highest BCUT2D eigenvalue weighted by molar-refractivity contribution is 7.92. The van der Waals surface area contributed by atoms with Crippen LogP contribution in [-0.2, 0) is 14.6 Å². The van der Waals surface area contributed by atoms with Gasteiger partial charge < -0.3 is 15.2 Å². The fraction of sp³-hybridized carbons (Fsp3) is 0.368. The first kappa shape index (κ1) is 19.2. The molecule has 0 amide bonds. The highest BCUT2D eigenvalue weighted by Gasteiger charge is 2.70. The Bertz CT molecular complexity index is 867. The second-order valence-corrected chi connectivity index (χ2v) is 9.05. The lowest BCUT2D eigenvalue weighted by atomic mass is 10.00. The normalized spacial score (nSPS) is 25.1. The van der Waals surface area contributed by atoms with Gasteiger partial charge in [-0.25, -0.2) is 8.42 Å². The molecule has 0 saturated heterocycles. The zero-order valence-electron chi connectivity index (χ0n) is 14.7. The summed E-state index contributed by atoms with van der Waals surface area (Å²) < 4.78 is 37.1. The molecule has 7 heteroatoms. The van der Waals surface area contributed by atoms with E-state index in [1.54, 1.807) is 26.4 Å². The molecular weight excluding hydrogens is 374 g/mol. The van der Waals surface area contributed by atoms with Crippen molar-refractivity contribution in [2.24, 2.45) is 11.1 Å². The summed E-state index contributed by atoms with van der Waals surface area (Å²) in [6, 6.07) is 13.7. The average molecular weight is 396 g/mol. The van der Waals surface area contributed by atoms with Crippen LogP contribution in [0.2, 0.25) is 5.02 Å². The summed E-state index contributed by atoms with van der Waals surface area (Å²) in [5, 5.41) is -0.150. The van der Waals surface area contributed by atoms with Crippen molar-refractivity contribution in [2.45, 2.75) is 16.1 Å². The van der Waals surface area contributed by atoms with Gasteiger partial charge in [0.2, 0.25) is 0 Å². The van der Waals surface area contributed by atoms with Gasteiger partial charge in [-0.1, -0.05) is 23.7 Å². The van der Waals surface area contributed by atoms with E-state index in [0.29, 0.717) is 5.02 Å². The van der Waals surface area contributed by atoms with E-state index < -0.39 is 20.5 Å². The van der Waals surface area contributed by atoms with E-state index in [-0.39, 0.29) is 24.0 Å². The van der Waals surface area contributed by atoms with Crippen LogP contribution >= 0.6 is 11.6 Å². The van der Waals surface area contributed by atoms with Crippen LogP contribution in [0.4, 0.5) is 0 Å². The Morgan fingerprint density at radius 2 is 1.69 bits per heavy atom. The van der Waals surface area contributed by atoms with E-state index in [1.807, 2.05) is 24.3 Å². The lowest BCUT2D eigenvalue weighted by Crippen LogP contribution is -2.28. The van der Waals surface area contributed by atoms with E-state index in [0.717, 1.165) is 11.3 Å². The topological polar surface area (TPSA) is 78.6 Å². The third-order valence-corrected chi connectivity index (χ3v) is 7.72. The number of nitrogens with two attached hydrogens (primary N) is 1. The third kappa shape index (κ3) is 3.11. The van der Waals surface area contributed by atoms with Gasteiger partial charge in [0, 0.05) is 30.0 Å². The van der Waals surface area contributed by atoms with Gasteiger partial charge in [0.1, 0.15) is 5.75 Å². The lowest BCUT2D eigenvalue weighted by molar-refractivity contribution is 0.142. The van der Waals surface area contributed by atoms with Crippen LogP contribution in [0.15, 0.2) is 53.4 Å². The third-order valence-electron chi connectivity index (χ3n) is 5.12. The molecule has 2 N–H and O–H groups in total. The maximum Gasteiger partial charge on any atom is 0.182 e. The molecular formula is C19H22ClNO4S. The molecule has 1 aliphatic rings. The standard InChI is InChI=1S/C19H22ClNO4S/c1-24-12-19(11-21)17(13-3-7-15(25-2)8-4-13)18(19)26(22,23)16-9-5-14(20)6-10-16/h3-10,17-18H,11-12,21H2,1-2H3/t17-,18+,19-/m1/s1. The van der Waals surface area contributed by atoms with Crippen molar-refractivity contribution in [2.75, 3.05) is 27.4 Å². The molecule has 0 heterocycles. The van der Waals surface area contributed by atoms with Crippen molar-refractivity contribution in [1.82, 2.24) is 0 Å². The molecule has 3 rings (SSSR count). The van der Waals surface area contributed by atoms with Crippen LogP contribution in [-0.4, -0.2) is 41.0 Å². The van der Waals surface area contributed by atoms with Crippen LogP contribution in [0, 0.1) is 5.41 Å². The van der Waals surface area contributed by atoms with Gasteiger partial charge in [0.25, 0.3) is 0 Å². The molecule has 1 saturated carbocycles. The average Bonchev–Trinajstić information content (AvgIpc) is 3.32. The number of sulfone groups is 1. The Balaban J connectivity index is 2.03. The monoisotopic (exact) mass is 395 g/mol. The maximum absolute atomic E-state index is 13.3. The van der Waals surface area contributed by atoms with Crippen molar-refractivity contribution in [3.63, 3.8) is 0 Å². The van der Waals surface area contributed by atoms with E-state index in [2.05, 4.69) is 0 Å². The Hall–Kier alpha value is -1.60. The molecule has 0 bridgehead atoms. The number of methoxy groups -OCH3 is 2. The summed E-state index contributed by atoms with van der Waals surface area (Å²) in [4.78, 5) is 0.247. The van der Waals surface area contributed by atoms with Gasteiger partial charge in [-0.2, -0.15) is 0 Å². The molecule has 0 unspecified atom stereocenters. The van der Waals surface area contributed by atoms with Crippen LogP contribution < -0.4 is 10.5 Å². The van der Waals surface area contributed by atoms with E-state index in [4.69, 9.17) is 26.8 Å². The minimum atomic E-state index is -3.59. The quantitative estimate of drug-likeness (QED) is 0.779. The number of rotatable bonds is 7. The predicted octanol–water partition coefficient (Wildman–Crippen LogP) is 2.88. The van der Waals surface area contributed by atoms with Gasteiger partial charge in [-0.15, -0.1) is 0 Å². The summed E-state index contributed by atoms with van der Waals surface area (Å²) >= 11 is 5.90. The molecule has 3 atom stereocenters. The fourth-order valence-corrected chi connectivity index (χ4v) is 6.34.